The first-order valence-corrected chi connectivity index (χ1v) is 6.42. The number of carbonyl (C=O) groups is 1. The van der Waals surface area contributed by atoms with E-state index in [1.54, 1.807) is 6.92 Å². The fourth-order valence-corrected chi connectivity index (χ4v) is 2.46. The van der Waals surface area contributed by atoms with Gasteiger partial charge < -0.3 is 4.74 Å². The van der Waals surface area contributed by atoms with E-state index in [1.807, 2.05) is 0 Å². The van der Waals surface area contributed by atoms with Crippen LogP contribution in [-0.4, -0.2) is 12.1 Å². The van der Waals surface area contributed by atoms with Crippen LogP contribution in [0.3, 0.4) is 0 Å². The largest absolute Gasteiger partial charge is 0.459 e. The van der Waals surface area contributed by atoms with Crippen LogP contribution in [0.2, 0.25) is 0 Å². The van der Waals surface area contributed by atoms with Crippen molar-refractivity contribution in [2.24, 2.45) is 11.8 Å². The summed E-state index contributed by atoms with van der Waals surface area (Å²) in [6.07, 6.45) is 5.95. The average molecular weight is 224 g/mol. The summed E-state index contributed by atoms with van der Waals surface area (Å²) in [6.45, 7) is 9.81. The van der Waals surface area contributed by atoms with Crippen molar-refractivity contribution in [1.29, 1.82) is 0 Å². The van der Waals surface area contributed by atoms with Crippen LogP contribution in [0.4, 0.5) is 0 Å². The van der Waals surface area contributed by atoms with Crippen molar-refractivity contribution in [3.8, 4) is 0 Å². The Bertz CT molecular complexity index is 257. The normalized spacial score (nSPS) is 27.2. The summed E-state index contributed by atoms with van der Waals surface area (Å²) in [5, 5.41) is 0. The van der Waals surface area contributed by atoms with Gasteiger partial charge in [0.15, 0.2) is 0 Å². The van der Waals surface area contributed by atoms with Crippen molar-refractivity contribution in [2.75, 3.05) is 0 Å². The molecule has 0 aromatic carbocycles. The number of hydrogen-bond acceptors (Lipinski definition) is 2. The molecule has 0 bridgehead atoms. The molecule has 16 heavy (non-hydrogen) atoms. The highest BCUT2D eigenvalue weighted by Crippen LogP contribution is 2.34. The second kappa shape index (κ2) is 6.07. The molecule has 92 valence electrons. The predicted molar refractivity (Wildman–Crippen MR) is 66.1 cm³/mol. The molecule has 0 aliphatic heterocycles. The lowest BCUT2D eigenvalue weighted by Crippen LogP contribution is -2.34. The second-order valence-electron chi connectivity index (χ2n) is 5.06. The standard InChI is InChI=1S/C14H24O2/c1-5-11(4)12-8-6-7-9-13(12)16-14(15)10(2)3/h11-13H,2,5-9H2,1,3-4H3. The Kier molecular flexibility index (Phi) is 5.04. The van der Waals surface area contributed by atoms with Crippen molar-refractivity contribution in [1.82, 2.24) is 0 Å². The Morgan fingerprint density at radius 3 is 2.62 bits per heavy atom. The molecule has 1 aliphatic carbocycles. The molecule has 1 aliphatic rings. The van der Waals surface area contributed by atoms with Gasteiger partial charge in [0.05, 0.1) is 0 Å². The lowest BCUT2D eigenvalue weighted by Gasteiger charge is -2.34. The molecule has 0 spiro atoms. The Morgan fingerprint density at radius 2 is 2.06 bits per heavy atom. The molecule has 0 aromatic heterocycles. The van der Waals surface area contributed by atoms with Crippen LogP contribution in [0.5, 0.6) is 0 Å². The van der Waals surface area contributed by atoms with Gasteiger partial charge in [-0.15, -0.1) is 0 Å². The molecule has 0 N–H and O–H groups in total. The van der Waals surface area contributed by atoms with Gasteiger partial charge in [-0.1, -0.05) is 33.3 Å². The van der Waals surface area contributed by atoms with Gasteiger partial charge in [0.2, 0.25) is 0 Å². The highest BCUT2D eigenvalue weighted by Gasteiger charge is 2.31. The number of ether oxygens (including phenoxy) is 1. The molecule has 3 unspecified atom stereocenters. The smallest absolute Gasteiger partial charge is 0.333 e. The van der Waals surface area contributed by atoms with Gasteiger partial charge >= 0.3 is 5.97 Å². The molecule has 2 heteroatoms. The summed E-state index contributed by atoms with van der Waals surface area (Å²) in [5.74, 6) is 0.963. The maximum Gasteiger partial charge on any atom is 0.333 e. The van der Waals surface area contributed by atoms with Gasteiger partial charge in [-0.25, -0.2) is 4.79 Å². The Labute approximate surface area is 99.1 Å². The molecular weight excluding hydrogens is 200 g/mol. The Hall–Kier alpha value is -0.790. The summed E-state index contributed by atoms with van der Waals surface area (Å²) in [5.41, 5.74) is 0.508. The van der Waals surface area contributed by atoms with Crippen LogP contribution in [-0.2, 0) is 9.53 Å². The van der Waals surface area contributed by atoms with Gasteiger partial charge in [-0.3, -0.25) is 0 Å². The fourth-order valence-electron chi connectivity index (χ4n) is 2.46. The summed E-state index contributed by atoms with van der Waals surface area (Å²) in [6, 6.07) is 0. The maximum atomic E-state index is 11.5. The van der Waals surface area contributed by atoms with Crippen molar-refractivity contribution in [3.63, 3.8) is 0 Å². The quantitative estimate of drug-likeness (QED) is 0.537. The molecular formula is C14H24O2. The zero-order valence-electron chi connectivity index (χ0n) is 10.8. The van der Waals surface area contributed by atoms with Crippen molar-refractivity contribution in [3.05, 3.63) is 12.2 Å². The summed E-state index contributed by atoms with van der Waals surface area (Å²) in [4.78, 5) is 11.5. The van der Waals surface area contributed by atoms with E-state index in [9.17, 15) is 4.79 Å². The van der Waals surface area contributed by atoms with Crippen molar-refractivity contribution in [2.45, 2.75) is 59.0 Å². The molecule has 1 rings (SSSR count). The van der Waals surface area contributed by atoms with Gasteiger partial charge in [0.1, 0.15) is 6.10 Å². The van der Waals surface area contributed by atoms with Gasteiger partial charge in [0.25, 0.3) is 0 Å². The zero-order valence-corrected chi connectivity index (χ0v) is 10.8. The predicted octanol–water partition coefficient (Wildman–Crippen LogP) is 3.71. The molecule has 0 radical (unpaired) electrons. The topological polar surface area (TPSA) is 26.3 Å². The number of esters is 1. The third-order valence-corrected chi connectivity index (χ3v) is 3.74. The number of hydrogen-bond donors (Lipinski definition) is 0. The monoisotopic (exact) mass is 224 g/mol. The van der Waals surface area contributed by atoms with Crippen LogP contribution in [0.25, 0.3) is 0 Å². The van der Waals surface area contributed by atoms with Gasteiger partial charge in [-0.05, 0) is 38.0 Å². The first kappa shape index (κ1) is 13.3. The molecule has 2 nitrogen and oxygen atoms in total. The van der Waals surface area contributed by atoms with Crippen molar-refractivity contribution < 1.29 is 9.53 Å². The number of rotatable bonds is 4. The summed E-state index contributed by atoms with van der Waals surface area (Å²) >= 11 is 0. The van der Waals surface area contributed by atoms with E-state index < -0.39 is 0 Å². The van der Waals surface area contributed by atoms with Gasteiger partial charge in [0, 0.05) is 5.57 Å². The van der Waals surface area contributed by atoms with Crippen LogP contribution in [0, 0.1) is 11.8 Å². The van der Waals surface area contributed by atoms with Crippen LogP contribution in [0.15, 0.2) is 12.2 Å². The molecule has 0 saturated heterocycles. The lowest BCUT2D eigenvalue weighted by molar-refractivity contribution is -0.150. The van der Waals surface area contributed by atoms with Crippen LogP contribution < -0.4 is 0 Å². The van der Waals surface area contributed by atoms with Gasteiger partial charge in [-0.2, -0.15) is 0 Å². The Balaban J connectivity index is 2.60. The minimum atomic E-state index is -0.222. The molecule has 3 atom stereocenters. The molecule has 0 heterocycles. The molecule has 1 fully saturated rings. The van der Waals surface area contributed by atoms with Crippen molar-refractivity contribution >= 4 is 5.97 Å². The molecule has 0 aromatic rings. The van der Waals surface area contributed by atoms with E-state index in [-0.39, 0.29) is 12.1 Å². The molecule has 0 amide bonds. The number of carbonyl (C=O) groups excluding carboxylic acids is 1. The zero-order chi connectivity index (χ0) is 12.1. The van der Waals surface area contributed by atoms with Crippen LogP contribution >= 0.6 is 0 Å². The second-order valence-corrected chi connectivity index (χ2v) is 5.06. The summed E-state index contributed by atoms with van der Waals surface area (Å²) in [7, 11) is 0. The highest BCUT2D eigenvalue weighted by atomic mass is 16.5. The Morgan fingerprint density at radius 1 is 1.44 bits per heavy atom. The fraction of sp³-hybridized carbons (Fsp3) is 0.786. The minimum Gasteiger partial charge on any atom is -0.459 e. The maximum absolute atomic E-state index is 11.5. The van der Waals surface area contributed by atoms with E-state index >= 15 is 0 Å². The average Bonchev–Trinajstić information content (AvgIpc) is 2.28. The minimum absolute atomic E-state index is 0.118. The van der Waals surface area contributed by atoms with E-state index in [2.05, 4.69) is 20.4 Å². The third-order valence-electron chi connectivity index (χ3n) is 3.74. The summed E-state index contributed by atoms with van der Waals surface area (Å²) < 4.78 is 5.55. The van der Waals surface area contributed by atoms with E-state index in [0.29, 0.717) is 17.4 Å². The molecule has 1 saturated carbocycles. The van der Waals surface area contributed by atoms with Crippen LogP contribution in [0.1, 0.15) is 52.9 Å². The van der Waals surface area contributed by atoms with E-state index in [1.165, 1.54) is 19.3 Å². The SMILES string of the molecule is C=C(C)C(=O)OC1CCCCC1C(C)CC. The lowest BCUT2D eigenvalue weighted by atomic mass is 9.77. The van der Waals surface area contributed by atoms with E-state index in [0.717, 1.165) is 12.8 Å². The van der Waals surface area contributed by atoms with E-state index in [4.69, 9.17) is 4.74 Å². The first-order valence-electron chi connectivity index (χ1n) is 6.42. The third kappa shape index (κ3) is 3.36. The first-order chi connectivity index (χ1) is 7.56. The highest BCUT2D eigenvalue weighted by molar-refractivity contribution is 5.87.